The average molecular weight is 204 g/mol. The van der Waals surface area contributed by atoms with E-state index in [1.165, 1.54) is 5.56 Å². The quantitative estimate of drug-likeness (QED) is 0.740. The van der Waals surface area contributed by atoms with Crippen LogP contribution in [0.15, 0.2) is 23.5 Å². The van der Waals surface area contributed by atoms with Gasteiger partial charge in [-0.15, -0.1) is 0 Å². The van der Waals surface area contributed by atoms with E-state index in [0.29, 0.717) is 6.61 Å². The largest absolute Gasteiger partial charge is 0.475 e. The van der Waals surface area contributed by atoms with Crippen molar-refractivity contribution in [2.24, 2.45) is 4.99 Å². The Morgan fingerprint density at radius 1 is 1.47 bits per heavy atom. The van der Waals surface area contributed by atoms with Gasteiger partial charge in [-0.05, 0) is 31.9 Å². The van der Waals surface area contributed by atoms with Crippen LogP contribution in [0.1, 0.15) is 31.9 Å². The van der Waals surface area contributed by atoms with E-state index in [2.05, 4.69) is 30.7 Å². The minimum absolute atomic E-state index is 0.101. The molecule has 3 heteroatoms. The van der Waals surface area contributed by atoms with Crippen LogP contribution in [0, 0.1) is 0 Å². The zero-order chi connectivity index (χ0) is 10.9. The zero-order valence-corrected chi connectivity index (χ0v) is 9.45. The fourth-order valence-corrected chi connectivity index (χ4v) is 1.65. The Balaban J connectivity index is 2.39. The summed E-state index contributed by atoms with van der Waals surface area (Å²) in [6.07, 6.45) is 4.61. The molecular weight excluding hydrogens is 188 g/mol. The van der Waals surface area contributed by atoms with E-state index in [9.17, 15) is 0 Å². The van der Waals surface area contributed by atoms with Gasteiger partial charge in [0.2, 0.25) is 5.90 Å². The van der Waals surface area contributed by atoms with Crippen molar-refractivity contribution < 1.29 is 4.74 Å². The molecule has 0 fully saturated rings. The van der Waals surface area contributed by atoms with E-state index in [1.54, 1.807) is 0 Å². The molecule has 1 aromatic heterocycles. The first kappa shape index (κ1) is 10.1. The van der Waals surface area contributed by atoms with Crippen LogP contribution in [0.3, 0.4) is 0 Å². The Bertz CT molecular complexity index is 396. The average Bonchev–Trinajstić information content (AvgIpc) is 2.59. The van der Waals surface area contributed by atoms with Crippen LogP contribution in [-0.4, -0.2) is 23.0 Å². The number of nitrogens with zero attached hydrogens (tertiary/aromatic N) is 2. The molecule has 0 aliphatic carbocycles. The summed E-state index contributed by atoms with van der Waals surface area (Å²) in [4.78, 5) is 8.68. The van der Waals surface area contributed by atoms with E-state index >= 15 is 0 Å². The Hall–Kier alpha value is -1.38. The van der Waals surface area contributed by atoms with E-state index in [0.717, 1.165) is 17.9 Å². The second-order valence-electron chi connectivity index (χ2n) is 4.40. The molecule has 0 unspecified atom stereocenters. The Labute approximate surface area is 90.2 Å². The lowest BCUT2D eigenvalue weighted by atomic mass is 10.1. The van der Waals surface area contributed by atoms with Crippen LogP contribution < -0.4 is 0 Å². The summed E-state index contributed by atoms with van der Waals surface area (Å²) in [6.45, 7) is 6.92. The van der Waals surface area contributed by atoms with Gasteiger partial charge < -0.3 is 4.74 Å². The summed E-state index contributed by atoms with van der Waals surface area (Å²) in [5, 5.41) is 0. The molecule has 0 spiro atoms. The molecule has 0 amide bonds. The minimum atomic E-state index is -0.101. The Morgan fingerprint density at radius 3 is 2.87 bits per heavy atom. The van der Waals surface area contributed by atoms with Crippen molar-refractivity contribution >= 4 is 5.90 Å². The van der Waals surface area contributed by atoms with Crippen LogP contribution in [-0.2, 0) is 11.2 Å². The fraction of sp³-hybridized carbons (Fsp3) is 0.500. The first-order valence-electron chi connectivity index (χ1n) is 5.28. The lowest BCUT2D eigenvalue weighted by molar-refractivity contribution is 0.279. The van der Waals surface area contributed by atoms with Crippen molar-refractivity contribution in [3.63, 3.8) is 0 Å². The lowest BCUT2D eigenvalue weighted by Crippen LogP contribution is -2.17. The molecule has 1 aliphatic heterocycles. The fourth-order valence-electron chi connectivity index (χ4n) is 1.65. The van der Waals surface area contributed by atoms with Crippen molar-refractivity contribution in [1.29, 1.82) is 0 Å². The maximum Gasteiger partial charge on any atom is 0.218 e. The number of aryl methyl sites for hydroxylation is 1. The van der Waals surface area contributed by atoms with Crippen molar-refractivity contribution in [3.05, 3.63) is 29.6 Å². The van der Waals surface area contributed by atoms with Gasteiger partial charge >= 0.3 is 0 Å². The molecule has 0 bridgehead atoms. The van der Waals surface area contributed by atoms with Gasteiger partial charge in [-0.2, -0.15) is 0 Å². The van der Waals surface area contributed by atoms with Crippen LogP contribution >= 0.6 is 0 Å². The smallest absolute Gasteiger partial charge is 0.218 e. The SMILES string of the molecule is CCc1ccncc1C1=NC(C)(C)CO1. The molecule has 0 N–H and O–H groups in total. The van der Waals surface area contributed by atoms with Gasteiger partial charge in [-0.1, -0.05) is 6.92 Å². The molecule has 1 aromatic rings. The molecule has 2 heterocycles. The predicted molar refractivity (Wildman–Crippen MR) is 60.2 cm³/mol. The molecule has 15 heavy (non-hydrogen) atoms. The van der Waals surface area contributed by atoms with Gasteiger partial charge in [-0.3, -0.25) is 4.98 Å². The number of rotatable bonds is 2. The molecule has 3 nitrogen and oxygen atoms in total. The molecule has 80 valence electrons. The van der Waals surface area contributed by atoms with E-state index in [1.807, 2.05) is 18.5 Å². The Morgan fingerprint density at radius 2 is 2.27 bits per heavy atom. The Kier molecular flexibility index (Phi) is 2.47. The number of ether oxygens (including phenoxy) is 1. The summed E-state index contributed by atoms with van der Waals surface area (Å²) in [5.74, 6) is 0.741. The summed E-state index contributed by atoms with van der Waals surface area (Å²) in [5.41, 5.74) is 2.17. The first-order valence-corrected chi connectivity index (χ1v) is 5.28. The molecule has 0 saturated carbocycles. The molecule has 1 aliphatic rings. The summed E-state index contributed by atoms with van der Waals surface area (Å²) >= 11 is 0. The molecule has 2 rings (SSSR count). The van der Waals surface area contributed by atoms with Gasteiger partial charge in [-0.25, -0.2) is 4.99 Å². The van der Waals surface area contributed by atoms with Gasteiger partial charge in [0.05, 0.1) is 11.1 Å². The van der Waals surface area contributed by atoms with Gasteiger partial charge in [0, 0.05) is 12.4 Å². The highest BCUT2D eigenvalue weighted by Gasteiger charge is 2.27. The van der Waals surface area contributed by atoms with Crippen molar-refractivity contribution in [2.45, 2.75) is 32.7 Å². The highest BCUT2D eigenvalue weighted by atomic mass is 16.5. The number of hydrogen-bond donors (Lipinski definition) is 0. The topological polar surface area (TPSA) is 34.5 Å². The van der Waals surface area contributed by atoms with E-state index < -0.39 is 0 Å². The van der Waals surface area contributed by atoms with E-state index in [-0.39, 0.29) is 5.54 Å². The number of pyridine rings is 1. The van der Waals surface area contributed by atoms with Gasteiger partial charge in [0.15, 0.2) is 0 Å². The minimum Gasteiger partial charge on any atom is -0.475 e. The second kappa shape index (κ2) is 3.65. The standard InChI is InChI=1S/C12H16N2O/c1-4-9-5-6-13-7-10(9)11-14-12(2,3)8-15-11/h5-7H,4,8H2,1-3H3. The summed E-state index contributed by atoms with van der Waals surface area (Å²) in [6, 6.07) is 2.02. The number of aliphatic imine (C=N–C) groups is 1. The summed E-state index contributed by atoms with van der Waals surface area (Å²) < 4.78 is 5.61. The molecule has 0 saturated heterocycles. The highest BCUT2D eigenvalue weighted by molar-refractivity contribution is 5.96. The van der Waals surface area contributed by atoms with Crippen molar-refractivity contribution in [3.8, 4) is 0 Å². The first-order chi connectivity index (χ1) is 7.12. The molecule has 0 atom stereocenters. The van der Waals surface area contributed by atoms with Gasteiger partial charge in [0.1, 0.15) is 6.61 Å². The maximum absolute atomic E-state index is 5.61. The van der Waals surface area contributed by atoms with Crippen LogP contribution in [0.2, 0.25) is 0 Å². The molecular formula is C12H16N2O. The van der Waals surface area contributed by atoms with Crippen LogP contribution in [0.5, 0.6) is 0 Å². The van der Waals surface area contributed by atoms with Crippen molar-refractivity contribution in [1.82, 2.24) is 4.98 Å². The molecule has 0 aromatic carbocycles. The van der Waals surface area contributed by atoms with Gasteiger partial charge in [0.25, 0.3) is 0 Å². The molecule has 0 radical (unpaired) electrons. The highest BCUT2D eigenvalue weighted by Crippen LogP contribution is 2.22. The third-order valence-corrected chi connectivity index (χ3v) is 2.49. The summed E-state index contributed by atoms with van der Waals surface area (Å²) in [7, 11) is 0. The maximum atomic E-state index is 5.61. The third kappa shape index (κ3) is 2.01. The van der Waals surface area contributed by atoms with E-state index in [4.69, 9.17) is 4.74 Å². The van der Waals surface area contributed by atoms with Crippen molar-refractivity contribution in [2.75, 3.05) is 6.61 Å². The van der Waals surface area contributed by atoms with Crippen LogP contribution in [0.4, 0.5) is 0 Å². The predicted octanol–water partition coefficient (Wildman–Crippen LogP) is 2.20. The zero-order valence-electron chi connectivity index (χ0n) is 9.45. The lowest BCUT2D eigenvalue weighted by Gasteiger charge is -2.07. The third-order valence-electron chi connectivity index (χ3n) is 2.49. The second-order valence-corrected chi connectivity index (χ2v) is 4.40. The van der Waals surface area contributed by atoms with Crippen LogP contribution in [0.25, 0.3) is 0 Å². The normalized spacial score (nSPS) is 18.5. The number of hydrogen-bond acceptors (Lipinski definition) is 3. The monoisotopic (exact) mass is 204 g/mol. The number of aromatic nitrogens is 1.